The lowest BCUT2D eigenvalue weighted by Crippen LogP contribution is -2.45. The van der Waals surface area contributed by atoms with Gasteiger partial charge in [0, 0.05) is 48.3 Å². The minimum Gasteiger partial charge on any atom is -0.355 e. The van der Waals surface area contributed by atoms with Crippen LogP contribution in [0.5, 0.6) is 0 Å². The number of benzene rings is 2. The van der Waals surface area contributed by atoms with Crippen molar-refractivity contribution in [1.29, 1.82) is 0 Å². The molecule has 6 nitrogen and oxygen atoms in total. The number of sulfonamides is 1. The third-order valence-electron chi connectivity index (χ3n) is 6.10. The highest BCUT2D eigenvalue weighted by atomic mass is 35.5. The number of aryl methyl sites for hydroxylation is 1. The number of fused-ring (bicyclic) bond motifs is 1. The van der Waals surface area contributed by atoms with E-state index in [1.54, 1.807) is 12.1 Å². The molecule has 1 aromatic heterocycles. The van der Waals surface area contributed by atoms with E-state index in [2.05, 4.69) is 16.8 Å². The molecule has 1 atom stereocenters. The van der Waals surface area contributed by atoms with Gasteiger partial charge in [-0.1, -0.05) is 23.7 Å². The van der Waals surface area contributed by atoms with E-state index in [9.17, 15) is 13.2 Å². The number of amides is 1. The van der Waals surface area contributed by atoms with Gasteiger partial charge in [-0.3, -0.25) is 4.79 Å². The number of halogens is 1. The van der Waals surface area contributed by atoms with Gasteiger partial charge in [-0.15, -0.1) is 0 Å². The van der Waals surface area contributed by atoms with Gasteiger partial charge in [0.05, 0.1) is 10.8 Å². The van der Waals surface area contributed by atoms with Gasteiger partial charge in [-0.05, 0) is 68.1 Å². The number of carbonyl (C=O) groups is 1. The van der Waals surface area contributed by atoms with Crippen molar-refractivity contribution >= 4 is 38.4 Å². The summed E-state index contributed by atoms with van der Waals surface area (Å²) in [6.07, 6.45) is 4.03. The maximum Gasteiger partial charge on any atom is 0.243 e. The van der Waals surface area contributed by atoms with E-state index < -0.39 is 10.0 Å². The monoisotopic (exact) mass is 473 g/mol. The fourth-order valence-electron chi connectivity index (χ4n) is 4.26. The number of nitrogens with one attached hydrogen (secondary N) is 1. The highest BCUT2D eigenvalue weighted by molar-refractivity contribution is 7.89. The number of rotatable bonds is 7. The first kappa shape index (κ1) is 22.8. The van der Waals surface area contributed by atoms with Crippen molar-refractivity contribution in [2.24, 2.45) is 5.92 Å². The molecule has 2 heterocycles. The number of carbonyl (C=O) groups excluding carboxylic acids is 1. The summed E-state index contributed by atoms with van der Waals surface area (Å²) in [7, 11) is -3.65. The van der Waals surface area contributed by atoms with Gasteiger partial charge in [0.15, 0.2) is 0 Å². The lowest BCUT2D eigenvalue weighted by atomic mass is 9.99. The summed E-state index contributed by atoms with van der Waals surface area (Å²) < 4.78 is 30.1. The second-order valence-electron chi connectivity index (χ2n) is 8.19. The predicted octanol–water partition coefficient (Wildman–Crippen LogP) is 4.07. The van der Waals surface area contributed by atoms with Crippen LogP contribution in [0, 0.1) is 5.92 Å². The molecule has 170 valence electrons. The number of hydrogen-bond donors (Lipinski definition) is 1. The second-order valence-corrected chi connectivity index (χ2v) is 10.6. The van der Waals surface area contributed by atoms with Gasteiger partial charge < -0.3 is 9.88 Å². The second kappa shape index (κ2) is 9.65. The van der Waals surface area contributed by atoms with Gasteiger partial charge in [0.1, 0.15) is 0 Å². The van der Waals surface area contributed by atoms with Crippen LogP contribution in [0.25, 0.3) is 10.9 Å². The van der Waals surface area contributed by atoms with Crippen molar-refractivity contribution in [2.75, 3.05) is 19.6 Å². The van der Waals surface area contributed by atoms with E-state index in [1.165, 1.54) is 4.31 Å². The van der Waals surface area contributed by atoms with Crippen LogP contribution in [0.1, 0.15) is 25.3 Å². The van der Waals surface area contributed by atoms with E-state index in [4.69, 9.17) is 11.6 Å². The summed E-state index contributed by atoms with van der Waals surface area (Å²) in [6.45, 7) is 4.04. The van der Waals surface area contributed by atoms with Gasteiger partial charge in [-0.25, -0.2) is 8.42 Å². The fraction of sp³-hybridized carbons (Fsp3) is 0.375. The lowest BCUT2D eigenvalue weighted by Gasteiger charge is -2.31. The van der Waals surface area contributed by atoms with Crippen LogP contribution in [-0.4, -0.2) is 42.8 Å². The quantitative estimate of drug-likeness (QED) is 0.562. The Labute approximate surface area is 194 Å². The summed E-state index contributed by atoms with van der Waals surface area (Å²) in [6, 6.07) is 14.7. The standard InChI is InChI=1S/C24H28ClN3O3S/c1-2-27-15-12-19-16-22(9-10-23(19)27)32(30,31)28-14-3-4-20(17-28)24(29)26-13-11-18-5-7-21(25)8-6-18/h5-10,12,15-16,20H,2-4,11,13-14,17H2,1H3,(H,26,29)/t20-/m0/s1. The first-order chi connectivity index (χ1) is 15.4. The molecule has 0 radical (unpaired) electrons. The Morgan fingerprint density at radius 3 is 2.69 bits per heavy atom. The van der Waals surface area contributed by atoms with E-state index in [1.807, 2.05) is 42.6 Å². The highest BCUT2D eigenvalue weighted by Gasteiger charge is 2.33. The molecule has 4 rings (SSSR count). The first-order valence-electron chi connectivity index (χ1n) is 11.0. The minimum atomic E-state index is -3.65. The van der Waals surface area contributed by atoms with Crippen LogP contribution in [-0.2, 0) is 27.8 Å². The fourth-order valence-corrected chi connectivity index (χ4v) is 5.95. The molecule has 8 heteroatoms. The topological polar surface area (TPSA) is 71.4 Å². The first-order valence-corrected chi connectivity index (χ1v) is 12.8. The highest BCUT2D eigenvalue weighted by Crippen LogP contribution is 2.27. The molecule has 2 aromatic carbocycles. The average molecular weight is 474 g/mol. The zero-order valence-corrected chi connectivity index (χ0v) is 19.7. The zero-order chi connectivity index (χ0) is 22.7. The van der Waals surface area contributed by atoms with Crippen LogP contribution in [0.15, 0.2) is 59.6 Å². The molecule has 3 aromatic rings. The van der Waals surface area contributed by atoms with Gasteiger partial charge >= 0.3 is 0 Å². The number of nitrogens with zero attached hydrogens (tertiary/aromatic N) is 2. The Hall–Kier alpha value is -2.35. The van der Waals surface area contributed by atoms with Crippen molar-refractivity contribution in [3.8, 4) is 0 Å². The van der Waals surface area contributed by atoms with Crippen LogP contribution in [0.3, 0.4) is 0 Å². The normalized spacial score (nSPS) is 17.5. The zero-order valence-electron chi connectivity index (χ0n) is 18.1. The van der Waals surface area contributed by atoms with E-state index >= 15 is 0 Å². The summed E-state index contributed by atoms with van der Waals surface area (Å²) >= 11 is 5.90. The molecule has 0 saturated carbocycles. The molecular weight excluding hydrogens is 446 g/mol. The van der Waals surface area contributed by atoms with Crippen LogP contribution < -0.4 is 5.32 Å². The van der Waals surface area contributed by atoms with Crippen molar-refractivity contribution in [3.63, 3.8) is 0 Å². The Morgan fingerprint density at radius 1 is 1.16 bits per heavy atom. The van der Waals surface area contributed by atoms with Crippen molar-refractivity contribution in [2.45, 2.75) is 37.6 Å². The number of piperidine rings is 1. The summed E-state index contributed by atoms with van der Waals surface area (Å²) in [5, 5.41) is 4.55. The van der Waals surface area contributed by atoms with E-state index in [-0.39, 0.29) is 23.3 Å². The molecule has 1 aliphatic rings. The third kappa shape index (κ3) is 4.85. The van der Waals surface area contributed by atoms with Crippen molar-refractivity contribution < 1.29 is 13.2 Å². The Balaban J connectivity index is 1.40. The Morgan fingerprint density at radius 2 is 1.94 bits per heavy atom. The van der Waals surface area contributed by atoms with Gasteiger partial charge in [0.25, 0.3) is 0 Å². The number of aromatic nitrogens is 1. The van der Waals surface area contributed by atoms with Gasteiger partial charge in [-0.2, -0.15) is 4.31 Å². The SMILES string of the molecule is CCn1ccc2cc(S(=O)(=O)N3CCC[C@H](C(=O)NCCc4ccc(Cl)cc4)C3)ccc21. The lowest BCUT2D eigenvalue weighted by molar-refractivity contribution is -0.126. The summed E-state index contributed by atoms with van der Waals surface area (Å²) in [4.78, 5) is 13.0. The van der Waals surface area contributed by atoms with Crippen LogP contribution in [0.2, 0.25) is 5.02 Å². The molecule has 1 aliphatic heterocycles. The van der Waals surface area contributed by atoms with Gasteiger partial charge in [0.2, 0.25) is 15.9 Å². The molecule has 0 aliphatic carbocycles. The maximum atomic E-state index is 13.3. The molecule has 0 unspecified atom stereocenters. The Bertz CT molecular complexity index is 1200. The molecule has 1 saturated heterocycles. The largest absolute Gasteiger partial charge is 0.355 e. The predicted molar refractivity (Wildman–Crippen MR) is 127 cm³/mol. The molecule has 1 amide bonds. The molecular formula is C24H28ClN3O3S. The van der Waals surface area contributed by atoms with Crippen LogP contribution >= 0.6 is 11.6 Å². The third-order valence-corrected chi connectivity index (χ3v) is 8.22. The Kier molecular flexibility index (Phi) is 6.88. The summed E-state index contributed by atoms with van der Waals surface area (Å²) in [5.74, 6) is -0.428. The maximum absolute atomic E-state index is 13.3. The summed E-state index contributed by atoms with van der Waals surface area (Å²) in [5.41, 5.74) is 2.11. The van der Waals surface area contributed by atoms with Crippen LogP contribution in [0.4, 0.5) is 0 Å². The number of hydrogen-bond acceptors (Lipinski definition) is 3. The van der Waals surface area contributed by atoms with E-state index in [0.717, 1.165) is 23.0 Å². The average Bonchev–Trinajstić information content (AvgIpc) is 3.23. The molecule has 32 heavy (non-hydrogen) atoms. The van der Waals surface area contributed by atoms with Crippen molar-refractivity contribution in [1.82, 2.24) is 14.2 Å². The van der Waals surface area contributed by atoms with E-state index in [0.29, 0.717) is 37.4 Å². The molecule has 0 bridgehead atoms. The molecule has 1 fully saturated rings. The molecule has 0 spiro atoms. The smallest absolute Gasteiger partial charge is 0.243 e. The minimum absolute atomic E-state index is 0.0886. The van der Waals surface area contributed by atoms with Crippen molar-refractivity contribution in [3.05, 3.63) is 65.3 Å². The molecule has 1 N–H and O–H groups in total.